The number of anilines is 1. The van der Waals surface area contributed by atoms with Crippen molar-refractivity contribution in [3.8, 4) is 22.3 Å². The average molecular weight is 642 g/mol. The van der Waals surface area contributed by atoms with Gasteiger partial charge in [0.1, 0.15) is 0 Å². The number of benzene rings is 5. The summed E-state index contributed by atoms with van der Waals surface area (Å²) in [5.74, 6) is -0.404. The maximum absolute atomic E-state index is 13.5. The monoisotopic (exact) mass is 641 g/mol. The van der Waals surface area contributed by atoms with Gasteiger partial charge >= 0.3 is 11.9 Å². The van der Waals surface area contributed by atoms with Gasteiger partial charge in [0.05, 0.1) is 29.9 Å². The summed E-state index contributed by atoms with van der Waals surface area (Å²) in [7, 11) is 0. The third-order valence-electron chi connectivity index (χ3n) is 9.52. The largest absolute Gasteiger partial charge is 0.462 e. The summed E-state index contributed by atoms with van der Waals surface area (Å²) in [5.41, 5.74) is 8.05. The molecule has 5 nitrogen and oxygen atoms in total. The smallest absolute Gasteiger partial charge is 0.338 e. The quantitative estimate of drug-likeness (QED) is 0.137. The molecule has 248 valence electrons. The molecule has 5 rings (SSSR count). The predicted molar refractivity (Wildman–Crippen MR) is 198 cm³/mol. The molecule has 0 radical (unpaired) electrons. The SMILES string of the molecule is CCOC(=O)c1cc(-c2ccc3cc(C(C)CC)ccc3c2)c(C(=O)OCC)cc1-c1ccc(C(C)(CC)Nc2ccc(C)cc2)cc1. The Labute approximate surface area is 285 Å². The second kappa shape index (κ2) is 14.9. The normalized spacial score (nSPS) is 13.1. The highest BCUT2D eigenvalue weighted by molar-refractivity contribution is 6.06. The molecular weight excluding hydrogens is 594 g/mol. The zero-order valence-electron chi connectivity index (χ0n) is 29.3. The summed E-state index contributed by atoms with van der Waals surface area (Å²) in [6.07, 6.45) is 1.93. The van der Waals surface area contributed by atoms with Gasteiger partial charge in [-0.1, -0.05) is 93.1 Å². The number of aryl methyl sites for hydroxylation is 1. The number of hydrogen-bond acceptors (Lipinski definition) is 5. The molecule has 0 saturated carbocycles. The minimum atomic E-state index is -0.438. The van der Waals surface area contributed by atoms with Crippen LogP contribution in [0.4, 0.5) is 5.69 Å². The Morgan fingerprint density at radius 3 is 1.79 bits per heavy atom. The fraction of sp³-hybridized carbons (Fsp3) is 0.302. The van der Waals surface area contributed by atoms with Gasteiger partial charge in [-0.3, -0.25) is 0 Å². The van der Waals surface area contributed by atoms with Crippen LogP contribution in [0.3, 0.4) is 0 Å². The molecule has 0 amide bonds. The van der Waals surface area contributed by atoms with E-state index >= 15 is 0 Å². The van der Waals surface area contributed by atoms with E-state index in [-0.39, 0.29) is 18.8 Å². The van der Waals surface area contributed by atoms with Crippen LogP contribution in [0.15, 0.2) is 97.1 Å². The highest BCUT2D eigenvalue weighted by Crippen LogP contribution is 2.37. The number of fused-ring (bicyclic) bond motifs is 1. The number of ether oxygens (including phenoxy) is 2. The summed E-state index contributed by atoms with van der Waals surface area (Å²) in [5, 5.41) is 5.90. The van der Waals surface area contributed by atoms with Crippen molar-refractivity contribution in [3.63, 3.8) is 0 Å². The van der Waals surface area contributed by atoms with Gasteiger partial charge in [0.2, 0.25) is 0 Å². The lowest BCUT2D eigenvalue weighted by atomic mass is 9.86. The molecule has 0 heterocycles. The molecule has 1 N–H and O–H groups in total. The van der Waals surface area contributed by atoms with E-state index in [0.29, 0.717) is 28.2 Å². The van der Waals surface area contributed by atoms with Gasteiger partial charge < -0.3 is 14.8 Å². The van der Waals surface area contributed by atoms with Crippen molar-refractivity contribution in [2.24, 2.45) is 0 Å². The third-order valence-corrected chi connectivity index (χ3v) is 9.52. The van der Waals surface area contributed by atoms with Gasteiger partial charge in [0, 0.05) is 5.69 Å². The molecule has 0 spiro atoms. The molecule has 0 aliphatic carbocycles. The van der Waals surface area contributed by atoms with Gasteiger partial charge in [-0.15, -0.1) is 0 Å². The third kappa shape index (κ3) is 7.31. The average Bonchev–Trinajstić information content (AvgIpc) is 3.11. The second-order valence-corrected chi connectivity index (χ2v) is 12.8. The van der Waals surface area contributed by atoms with Crippen molar-refractivity contribution in [2.75, 3.05) is 18.5 Å². The molecule has 0 fully saturated rings. The minimum absolute atomic E-state index is 0.236. The van der Waals surface area contributed by atoms with E-state index in [9.17, 15) is 9.59 Å². The van der Waals surface area contributed by atoms with Crippen LogP contribution in [-0.4, -0.2) is 25.2 Å². The van der Waals surface area contributed by atoms with Gasteiger partial charge in [0.15, 0.2) is 0 Å². The fourth-order valence-electron chi connectivity index (χ4n) is 6.14. The highest BCUT2D eigenvalue weighted by atomic mass is 16.5. The van der Waals surface area contributed by atoms with Crippen LogP contribution in [0.5, 0.6) is 0 Å². The molecule has 0 saturated heterocycles. The molecule has 2 atom stereocenters. The van der Waals surface area contributed by atoms with E-state index in [1.807, 2.05) is 18.2 Å². The fourth-order valence-corrected chi connectivity index (χ4v) is 6.14. The maximum atomic E-state index is 13.5. The van der Waals surface area contributed by atoms with Crippen molar-refractivity contribution in [2.45, 2.75) is 72.8 Å². The van der Waals surface area contributed by atoms with E-state index in [1.165, 1.54) is 11.1 Å². The molecule has 0 bridgehead atoms. The van der Waals surface area contributed by atoms with Crippen molar-refractivity contribution in [1.82, 2.24) is 0 Å². The number of carbonyl (C=O) groups excluding carboxylic acids is 2. The Morgan fingerprint density at radius 1 is 0.688 bits per heavy atom. The molecule has 5 aromatic carbocycles. The first kappa shape index (κ1) is 34.4. The standard InChI is InChI=1S/C43H47NO4/c1-8-29(6)31-14-15-33-25-34(17-16-32(33)24-31)38-27-39(41(45)47-10-3)37(26-40(38)42(46)48-11-4)30-18-20-35(21-19-30)43(7,9-2)44-36-22-12-28(5)13-23-36/h12-27,29,44H,8-11H2,1-7H3. The van der Waals surface area contributed by atoms with E-state index in [1.54, 1.807) is 26.0 Å². The minimum Gasteiger partial charge on any atom is -0.462 e. The number of carbonyl (C=O) groups is 2. The van der Waals surface area contributed by atoms with Crippen molar-refractivity contribution < 1.29 is 19.1 Å². The van der Waals surface area contributed by atoms with E-state index in [4.69, 9.17) is 9.47 Å². The lowest BCUT2D eigenvalue weighted by Gasteiger charge is -2.32. The van der Waals surface area contributed by atoms with Crippen LogP contribution in [-0.2, 0) is 15.0 Å². The first-order valence-corrected chi connectivity index (χ1v) is 17.1. The van der Waals surface area contributed by atoms with E-state index in [2.05, 4.69) is 107 Å². The highest BCUT2D eigenvalue weighted by Gasteiger charge is 2.26. The summed E-state index contributed by atoms with van der Waals surface area (Å²) in [4.78, 5) is 27.0. The predicted octanol–water partition coefficient (Wildman–Crippen LogP) is 11.1. The van der Waals surface area contributed by atoms with Crippen LogP contribution >= 0.6 is 0 Å². The van der Waals surface area contributed by atoms with Crippen LogP contribution in [0.1, 0.15) is 97.7 Å². The van der Waals surface area contributed by atoms with Crippen LogP contribution in [0.25, 0.3) is 33.0 Å². The lowest BCUT2D eigenvalue weighted by molar-refractivity contribution is 0.0513. The molecule has 48 heavy (non-hydrogen) atoms. The van der Waals surface area contributed by atoms with Gasteiger partial charge in [-0.2, -0.15) is 0 Å². The molecule has 5 heteroatoms. The second-order valence-electron chi connectivity index (χ2n) is 12.8. The number of rotatable bonds is 12. The van der Waals surface area contributed by atoms with Crippen molar-refractivity contribution >= 4 is 28.4 Å². The lowest BCUT2D eigenvalue weighted by Crippen LogP contribution is -2.31. The maximum Gasteiger partial charge on any atom is 0.338 e. The Morgan fingerprint density at radius 2 is 1.23 bits per heavy atom. The Bertz CT molecular complexity index is 1910. The van der Waals surface area contributed by atoms with Gasteiger partial charge in [0.25, 0.3) is 0 Å². The molecule has 5 aromatic rings. The van der Waals surface area contributed by atoms with Gasteiger partial charge in [-0.05, 0) is 121 Å². The zero-order chi connectivity index (χ0) is 34.4. The zero-order valence-corrected chi connectivity index (χ0v) is 29.3. The van der Waals surface area contributed by atoms with Crippen molar-refractivity contribution in [1.29, 1.82) is 0 Å². The summed E-state index contributed by atoms with van der Waals surface area (Å²) < 4.78 is 11.1. The summed E-state index contributed by atoms with van der Waals surface area (Å²) in [6, 6.07) is 32.9. The Hall–Kier alpha value is -4.90. The molecule has 0 aliphatic heterocycles. The number of esters is 2. The van der Waals surface area contributed by atoms with Crippen molar-refractivity contribution in [3.05, 3.63) is 125 Å². The Kier molecular flexibility index (Phi) is 10.7. The van der Waals surface area contributed by atoms with Crippen LogP contribution < -0.4 is 5.32 Å². The van der Waals surface area contributed by atoms with E-state index in [0.717, 1.165) is 46.0 Å². The number of nitrogens with one attached hydrogen (secondary N) is 1. The molecule has 2 unspecified atom stereocenters. The topological polar surface area (TPSA) is 64.6 Å². The first-order valence-electron chi connectivity index (χ1n) is 17.1. The number of hydrogen-bond donors (Lipinski definition) is 1. The van der Waals surface area contributed by atoms with Gasteiger partial charge in [-0.25, -0.2) is 9.59 Å². The molecule has 0 aliphatic rings. The van der Waals surface area contributed by atoms with Crippen LogP contribution in [0.2, 0.25) is 0 Å². The first-order chi connectivity index (χ1) is 23.1. The van der Waals surface area contributed by atoms with Crippen LogP contribution in [0, 0.1) is 6.92 Å². The molecule has 0 aromatic heterocycles. The molecular formula is C43H47NO4. The summed E-state index contributed by atoms with van der Waals surface area (Å²) >= 11 is 0. The van der Waals surface area contributed by atoms with E-state index < -0.39 is 11.9 Å². The summed E-state index contributed by atoms with van der Waals surface area (Å²) in [6.45, 7) is 14.9. The Balaban J connectivity index is 1.61.